The third-order valence-corrected chi connectivity index (χ3v) is 7.94. The number of carboxylic acid groups (broad SMARTS) is 1. The van der Waals surface area contributed by atoms with Gasteiger partial charge in [-0.25, -0.2) is 18.6 Å². The van der Waals surface area contributed by atoms with Crippen LogP contribution in [0.15, 0.2) is 6.20 Å². The summed E-state index contributed by atoms with van der Waals surface area (Å²) in [6, 6.07) is 0. The van der Waals surface area contributed by atoms with Crippen LogP contribution >= 0.6 is 0 Å². The van der Waals surface area contributed by atoms with Crippen LogP contribution in [0.1, 0.15) is 91.2 Å². The van der Waals surface area contributed by atoms with Crippen molar-refractivity contribution in [3.05, 3.63) is 23.0 Å². The van der Waals surface area contributed by atoms with E-state index in [1.165, 1.54) is 0 Å². The number of halogens is 2. The standard InChI is InChI=1S/C21H24F2N2O2/c22-19-4-11-5-20(23,8-19)10-21(6-11,9-19)25-14-7-24-17(18(26)27)16-13-2-1-12(3-13)15(14)16/h7,11-13,25H,1-6,8-10H2,(H,26,27). The first kappa shape index (κ1) is 16.3. The molecule has 4 nitrogen and oxygen atoms in total. The van der Waals surface area contributed by atoms with E-state index in [9.17, 15) is 9.90 Å². The van der Waals surface area contributed by atoms with E-state index in [0.29, 0.717) is 31.6 Å². The molecule has 0 spiro atoms. The minimum absolute atomic E-state index is 0.0406. The molecule has 144 valence electrons. The molecule has 4 atom stereocenters. The van der Waals surface area contributed by atoms with Gasteiger partial charge in [-0.1, -0.05) is 0 Å². The Morgan fingerprint density at radius 1 is 1.07 bits per heavy atom. The van der Waals surface area contributed by atoms with Crippen molar-refractivity contribution >= 4 is 11.7 Å². The zero-order chi connectivity index (χ0) is 18.6. The van der Waals surface area contributed by atoms with Crippen LogP contribution in [-0.2, 0) is 0 Å². The van der Waals surface area contributed by atoms with E-state index < -0.39 is 22.8 Å². The zero-order valence-electron chi connectivity index (χ0n) is 15.2. The Morgan fingerprint density at radius 2 is 1.74 bits per heavy atom. The first-order chi connectivity index (χ1) is 12.8. The molecule has 5 fully saturated rings. The number of alkyl halides is 2. The molecule has 1 aromatic heterocycles. The lowest BCUT2D eigenvalue weighted by Crippen LogP contribution is -2.65. The number of aromatic carboxylic acids is 1. The van der Waals surface area contributed by atoms with Gasteiger partial charge in [0.25, 0.3) is 0 Å². The lowest BCUT2D eigenvalue weighted by molar-refractivity contribution is -0.137. The molecule has 0 aliphatic heterocycles. The van der Waals surface area contributed by atoms with Gasteiger partial charge < -0.3 is 10.4 Å². The second-order valence-electron chi connectivity index (χ2n) is 10.1. The second-order valence-corrected chi connectivity index (χ2v) is 10.1. The van der Waals surface area contributed by atoms with Gasteiger partial charge in [-0.05, 0) is 67.4 Å². The van der Waals surface area contributed by atoms with Gasteiger partial charge in [0.1, 0.15) is 11.3 Å². The fourth-order valence-electron chi connectivity index (χ4n) is 7.80. The summed E-state index contributed by atoms with van der Waals surface area (Å²) in [6.45, 7) is 0. The van der Waals surface area contributed by atoms with E-state index in [-0.39, 0.29) is 24.0 Å². The summed E-state index contributed by atoms with van der Waals surface area (Å²) in [5, 5.41) is 13.1. The summed E-state index contributed by atoms with van der Waals surface area (Å²) >= 11 is 0. The van der Waals surface area contributed by atoms with Crippen LogP contribution in [0.5, 0.6) is 0 Å². The average molecular weight is 374 g/mol. The molecule has 6 aliphatic carbocycles. The Labute approximate surface area is 156 Å². The number of hydrogen-bond acceptors (Lipinski definition) is 3. The molecular weight excluding hydrogens is 350 g/mol. The average Bonchev–Trinajstić information content (AvgIpc) is 3.13. The van der Waals surface area contributed by atoms with E-state index in [1.807, 2.05) is 0 Å². The largest absolute Gasteiger partial charge is 0.477 e. The SMILES string of the molecule is O=C(O)c1ncc(NC23CC4CC(F)(CC(F)(C4)C2)C3)c2c1C1CCC2C1. The topological polar surface area (TPSA) is 62.2 Å². The molecule has 7 rings (SSSR count). The molecule has 2 N–H and O–H groups in total. The number of anilines is 1. The van der Waals surface area contributed by atoms with E-state index in [4.69, 9.17) is 0 Å². The third-order valence-electron chi connectivity index (χ3n) is 7.94. The molecule has 5 saturated carbocycles. The molecule has 27 heavy (non-hydrogen) atoms. The number of carbonyl (C=O) groups is 1. The minimum Gasteiger partial charge on any atom is -0.477 e. The maximum absolute atomic E-state index is 15.3. The first-order valence-corrected chi connectivity index (χ1v) is 10.2. The van der Waals surface area contributed by atoms with Crippen molar-refractivity contribution in [1.29, 1.82) is 0 Å². The van der Waals surface area contributed by atoms with Crippen LogP contribution in [0.4, 0.5) is 14.5 Å². The quantitative estimate of drug-likeness (QED) is 0.804. The summed E-state index contributed by atoms with van der Waals surface area (Å²) in [5.41, 5.74) is -0.442. The van der Waals surface area contributed by atoms with Crippen molar-refractivity contribution in [3.8, 4) is 0 Å². The highest BCUT2D eigenvalue weighted by Gasteiger charge is 2.65. The maximum Gasteiger partial charge on any atom is 0.354 e. The van der Waals surface area contributed by atoms with E-state index in [2.05, 4.69) is 10.3 Å². The maximum atomic E-state index is 15.3. The number of hydrogen-bond donors (Lipinski definition) is 2. The molecule has 1 heterocycles. The van der Waals surface area contributed by atoms with Crippen molar-refractivity contribution in [1.82, 2.24) is 4.98 Å². The summed E-state index contributed by atoms with van der Waals surface area (Å²) in [5.74, 6) is -0.270. The number of aromatic nitrogens is 1. The van der Waals surface area contributed by atoms with Crippen molar-refractivity contribution < 1.29 is 18.7 Å². The van der Waals surface area contributed by atoms with Gasteiger partial charge in [0, 0.05) is 24.8 Å². The highest BCUT2D eigenvalue weighted by molar-refractivity contribution is 5.89. The van der Waals surface area contributed by atoms with Crippen molar-refractivity contribution in [2.24, 2.45) is 5.92 Å². The van der Waals surface area contributed by atoms with Crippen LogP contribution in [0.3, 0.4) is 0 Å². The monoisotopic (exact) mass is 374 g/mol. The molecule has 0 amide bonds. The zero-order valence-corrected chi connectivity index (χ0v) is 15.2. The van der Waals surface area contributed by atoms with E-state index in [0.717, 1.165) is 42.5 Å². The van der Waals surface area contributed by atoms with Crippen molar-refractivity contribution in [2.45, 2.75) is 86.5 Å². The van der Waals surface area contributed by atoms with Gasteiger partial charge in [-0.15, -0.1) is 0 Å². The molecule has 0 radical (unpaired) electrons. The number of rotatable bonds is 3. The lowest BCUT2D eigenvalue weighted by atomic mass is 9.50. The number of fused-ring (bicyclic) bond motifs is 5. The molecule has 6 aliphatic rings. The van der Waals surface area contributed by atoms with E-state index in [1.54, 1.807) is 6.20 Å². The van der Waals surface area contributed by atoms with Crippen LogP contribution in [0.2, 0.25) is 0 Å². The molecule has 4 unspecified atom stereocenters. The first-order valence-electron chi connectivity index (χ1n) is 10.2. The fraction of sp³-hybridized carbons (Fsp3) is 0.714. The van der Waals surface area contributed by atoms with Gasteiger partial charge in [-0.2, -0.15) is 0 Å². The van der Waals surface area contributed by atoms with Gasteiger partial charge in [0.2, 0.25) is 0 Å². The molecule has 6 heteroatoms. The fourth-order valence-corrected chi connectivity index (χ4v) is 7.80. The molecule has 0 aromatic carbocycles. The summed E-state index contributed by atoms with van der Waals surface area (Å²) in [4.78, 5) is 15.9. The Bertz CT molecular complexity index is 854. The smallest absolute Gasteiger partial charge is 0.354 e. The highest BCUT2D eigenvalue weighted by Crippen LogP contribution is 2.63. The summed E-state index contributed by atoms with van der Waals surface area (Å²) < 4.78 is 30.6. The molecule has 1 aromatic rings. The molecule has 6 bridgehead atoms. The van der Waals surface area contributed by atoms with Crippen molar-refractivity contribution in [2.75, 3.05) is 5.32 Å². The second kappa shape index (κ2) is 4.81. The summed E-state index contributed by atoms with van der Waals surface area (Å²) in [6.07, 6.45) is 7.18. The normalized spacial score (nSPS) is 45.9. The summed E-state index contributed by atoms with van der Waals surface area (Å²) in [7, 11) is 0. The lowest BCUT2D eigenvalue weighted by Gasteiger charge is -2.61. The Morgan fingerprint density at radius 3 is 2.37 bits per heavy atom. The van der Waals surface area contributed by atoms with Gasteiger partial charge >= 0.3 is 5.97 Å². The minimum atomic E-state index is -1.40. The van der Waals surface area contributed by atoms with Crippen LogP contribution in [-0.4, -0.2) is 32.9 Å². The van der Waals surface area contributed by atoms with Crippen LogP contribution in [0.25, 0.3) is 0 Å². The highest BCUT2D eigenvalue weighted by atomic mass is 19.2. The van der Waals surface area contributed by atoms with Gasteiger partial charge in [0.15, 0.2) is 5.69 Å². The number of nitrogens with one attached hydrogen (secondary N) is 1. The number of carboxylic acids is 1. The molecular formula is C21H24F2N2O2. The number of nitrogens with zero attached hydrogens (tertiary/aromatic N) is 1. The Kier molecular flexibility index (Phi) is 2.90. The van der Waals surface area contributed by atoms with Gasteiger partial charge in [0.05, 0.1) is 11.9 Å². The van der Waals surface area contributed by atoms with Crippen LogP contribution < -0.4 is 5.32 Å². The van der Waals surface area contributed by atoms with Crippen LogP contribution in [0, 0.1) is 5.92 Å². The number of pyridine rings is 1. The Balaban J connectivity index is 1.42. The van der Waals surface area contributed by atoms with E-state index >= 15 is 8.78 Å². The third kappa shape index (κ3) is 2.18. The van der Waals surface area contributed by atoms with Gasteiger partial charge in [-0.3, -0.25) is 0 Å². The molecule has 0 saturated heterocycles. The predicted octanol–water partition coefficient (Wildman–Crippen LogP) is 4.71. The van der Waals surface area contributed by atoms with Crippen molar-refractivity contribution in [3.63, 3.8) is 0 Å². The predicted molar refractivity (Wildman–Crippen MR) is 95.8 cm³/mol. The Hall–Kier alpha value is -1.72.